The van der Waals surface area contributed by atoms with Gasteiger partial charge in [-0.05, 0) is 30.4 Å². The van der Waals surface area contributed by atoms with Gasteiger partial charge in [0.2, 0.25) is 0 Å². The molecule has 0 spiro atoms. The molecule has 0 N–H and O–H groups in total. The number of nitrogens with zero attached hydrogens (tertiary/aromatic N) is 3. The van der Waals surface area contributed by atoms with Crippen LogP contribution in [0.3, 0.4) is 0 Å². The maximum atomic E-state index is 12.7. The van der Waals surface area contributed by atoms with Crippen molar-refractivity contribution in [1.29, 1.82) is 0 Å². The highest BCUT2D eigenvalue weighted by Crippen LogP contribution is 2.16. The zero-order chi connectivity index (χ0) is 17.6. The molecule has 3 rings (SSSR count). The lowest BCUT2D eigenvalue weighted by atomic mass is 10.1. The van der Waals surface area contributed by atoms with Crippen molar-refractivity contribution in [1.82, 2.24) is 14.8 Å². The molecule has 1 aromatic heterocycles. The average molecular weight is 376 g/mol. The zero-order valence-corrected chi connectivity index (χ0v) is 16.5. The van der Waals surface area contributed by atoms with Crippen LogP contribution in [0.5, 0.6) is 0 Å². The summed E-state index contributed by atoms with van der Waals surface area (Å²) in [6.07, 6.45) is 3.09. The quantitative estimate of drug-likeness (QED) is 0.774. The van der Waals surface area contributed by atoms with Gasteiger partial charge in [0.25, 0.3) is 5.91 Å². The number of carbonyl (C=O) groups excluding carboxylic acids is 1. The van der Waals surface area contributed by atoms with Crippen molar-refractivity contribution in [2.45, 2.75) is 25.6 Å². The Labute approximate surface area is 158 Å². The van der Waals surface area contributed by atoms with Gasteiger partial charge in [-0.15, -0.1) is 11.3 Å². The van der Waals surface area contributed by atoms with Gasteiger partial charge in [0.15, 0.2) is 0 Å². The van der Waals surface area contributed by atoms with Gasteiger partial charge in [0.05, 0.1) is 10.7 Å². The van der Waals surface area contributed by atoms with Crippen molar-refractivity contribution >= 4 is 29.0 Å². The zero-order valence-electron chi connectivity index (χ0n) is 14.9. The van der Waals surface area contributed by atoms with Crippen LogP contribution >= 0.6 is 23.1 Å². The van der Waals surface area contributed by atoms with Crippen LogP contribution in [0.4, 0.5) is 0 Å². The lowest BCUT2D eigenvalue weighted by Gasteiger charge is -2.34. The van der Waals surface area contributed by atoms with Gasteiger partial charge in [-0.2, -0.15) is 11.8 Å². The second-order valence-electron chi connectivity index (χ2n) is 6.28. The molecule has 1 fully saturated rings. The molecule has 0 radical (unpaired) electrons. The number of rotatable bonds is 6. The van der Waals surface area contributed by atoms with Gasteiger partial charge in [0, 0.05) is 49.4 Å². The summed E-state index contributed by atoms with van der Waals surface area (Å²) in [7, 11) is 0. The molecule has 1 aliphatic rings. The summed E-state index contributed by atoms with van der Waals surface area (Å²) < 4.78 is 0. The fourth-order valence-electron chi connectivity index (χ4n) is 3.01. The first-order valence-electron chi connectivity index (χ1n) is 8.72. The van der Waals surface area contributed by atoms with Crippen LogP contribution in [0.2, 0.25) is 0 Å². The number of thiazole rings is 1. The van der Waals surface area contributed by atoms with E-state index in [1.54, 1.807) is 23.1 Å². The maximum Gasteiger partial charge on any atom is 0.253 e. The van der Waals surface area contributed by atoms with E-state index >= 15 is 0 Å². The summed E-state index contributed by atoms with van der Waals surface area (Å²) in [5.74, 6) is 1.14. The van der Waals surface area contributed by atoms with Crippen LogP contribution in [-0.4, -0.2) is 53.1 Å². The van der Waals surface area contributed by atoms with Crippen molar-refractivity contribution < 1.29 is 4.79 Å². The van der Waals surface area contributed by atoms with E-state index in [1.165, 1.54) is 10.6 Å². The average Bonchev–Trinajstić information content (AvgIpc) is 3.10. The Morgan fingerprint density at radius 3 is 2.52 bits per heavy atom. The molecular weight excluding hydrogens is 350 g/mol. The van der Waals surface area contributed by atoms with E-state index in [1.807, 2.05) is 17.0 Å². The second kappa shape index (κ2) is 8.83. The molecule has 0 saturated carbocycles. The Morgan fingerprint density at radius 2 is 1.92 bits per heavy atom. The van der Waals surface area contributed by atoms with E-state index < -0.39 is 0 Å². The van der Waals surface area contributed by atoms with Crippen LogP contribution in [0, 0.1) is 0 Å². The summed E-state index contributed by atoms with van der Waals surface area (Å²) in [6, 6.07) is 8.05. The number of aryl methyl sites for hydroxylation is 1. The largest absolute Gasteiger partial charge is 0.336 e. The first-order valence-corrected chi connectivity index (χ1v) is 11.0. The molecule has 0 bridgehead atoms. The minimum absolute atomic E-state index is 0.150. The summed E-state index contributed by atoms with van der Waals surface area (Å²) in [5.41, 5.74) is 3.22. The predicted octanol–water partition coefficient (Wildman–Crippen LogP) is 3.53. The minimum Gasteiger partial charge on any atom is -0.336 e. The standard InChI is InChI=1S/C19H25N3OS2/c1-3-18-20-17(14-25-18)12-21-8-10-22(11-9-21)19(23)16-6-4-15(5-7-16)13-24-2/h4-7,14H,3,8-13H2,1-2H3. The minimum atomic E-state index is 0.150. The van der Waals surface area contributed by atoms with Gasteiger partial charge in [0.1, 0.15) is 0 Å². The molecule has 6 heteroatoms. The summed E-state index contributed by atoms with van der Waals surface area (Å²) >= 11 is 3.54. The molecule has 25 heavy (non-hydrogen) atoms. The summed E-state index contributed by atoms with van der Waals surface area (Å²) in [5, 5.41) is 3.36. The van der Waals surface area contributed by atoms with E-state index in [4.69, 9.17) is 0 Å². The topological polar surface area (TPSA) is 36.4 Å². The molecule has 4 nitrogen and oxygen atoms in total. The molecule has 2 heterocycles. The number of benzene rings is 1. The first-order chi connectivity index (χ1) is 12.2. The maximum absolute atomic E-state index is 12.7. The van der Waals surface area contributed by atoms with E-state index in [0.29, 0.717) is 0 Å². The number of piperazine rings is 1. The molecule has 0 atom stereocenters. The summed E-state index contributed by atoms with van der Waals surface area (Å²) in [6.45, 7) is 6.43. The molecular formula is C19H25N3OS2. The fraction of sp³-hybridized carbons (Fsp3) is 0.474. The van der Waals surface area contributed by atoms with Gasteiger partial charge in [-0.3, -0.25) is 9.69 Å². The molecule has 1 saturated heterocycles. The highest BCUT2D eigenvalue weighted by Gasteiger charge is 2.22. The van der Waals surface area contributed by atoms with Crippen molar-refractivity contribution in [2.75, 3.05) is 32.4 Å². The molecule has 2 aromatic rings. The van der Waals surface area contributed by atoms with E-state index in [-0.39, 0.29) is 5.91 Å². The Morgan fingerprint density at radius 1 is 1.20 bits per heavy atom. The third-order valence-corrected chi connectivity index (χ3v) is 6.12. The number of hydrogen-bond donors (Lipinski definition) is 0. The van der Waals surface area contributed by atoms with Crippen LogP contribution in [0.25, 0.3) is 0 Å². The van der Waals surface area contributed by atoms with Crippen LogP contribution < -0.4 is 0 Å². The van der Waals surface area contributed by atoms with E-state index in [9.17, 15) is 4.79 Å². The Hall–Kier alpha value is -1.37. The monoisotopic (exact) mass is 375 g/mol. The summed E-state index contributed by atoms with van der Waals surface area (Å²) in [4.78, 5) is 21.7. The number of aromatic nitrogens is 1. The normalized spacial score (nSPS) is 15.5. The number of hydrogen-bond acceptors (Lipinski definition) is 5. The number of amides is 1. The molecule has 1 aromatic carbocycles. The first kappa shape index (κ1) is 18.4. The molecule has 1 aliphatic heterocycles. The fourth-order valence-corrected chi connectivity index (χ4v) is 4.28. The van der Waals surface area contributed by atoms with E-state index in [0.717, 1.165) is 56.2 Å². The number of thioether (sulfide) groups is 1. The predicted molar refractivity (Wildman–Crippen MR) is 106 cm³/mol. The second-order valence-corrected chi connectivity index (χ2v) is 8.09. The van der Waals surface area contributed by atoms with Crippen molar-refractivity contribution in [2.24, 2.45) is 0 Å². The Balaban J connectivity index is 1.51. The molecule has 1 amide bonds. The molecule has 0 aliphatic carbocycles. The van der Waals surface area contributed by atoms with Crippen LogP contribution in [-0.2, 0) is 18.7 Å². The highest BCUT2D eigenvalue weighted by molar-refractivity contribution is 7.97. The SMILES string of the molecule is CCc1nc(CN2CCN(C(=O)c3ccc(CSC)cc3)CC2)cs1. The van der Waals surface area contributed by atoms with Crippen molar-refractivity contribution in [3.8, 4) is 0 Å². The van der Waals surface area contributed by atoms with Gasteiger partial charge in [-0.1, -0.05) is 19.1 Å². The molecule has 0 unspecified atom stereocenters. The van der Waals surface area contributed by atoms with Crippen molar-refractivity contribution in [3.05, 3.63) is 51.5 Å². The smallest absolute Gasteiger partial charge is 0.253 e. The van der Waals surface area contributed by atoms with Crippen molar-refractivity contribution in [3.63, 3.8) is 0 Å². The van der Waals surface area contributed by atoms with Gasteiger partial charge in [-0.25, -0.2) is 4.98 Å². The lowest BCUT2D eigenvalue weighted by Crippen LogP contribution is -2.48. The van der Waals surface area contributed by atoms with Gasteiger partial charge < -0.3 is 4.90 Å². The third kappa shape index (κ3) is 4.84. The third-order valence-electron chi connectivity index (χ3n) is 4.46. The Kier molecular flexibility index (Phi) is 6.51. The number of carbonyl (C=O) groups is 1. The van der Waals surface area contributed by atoms with E-state index in [2.05, 4.69) is 40.6 Å². The lowest BCUT2D eigenvalue weighted by molar-refractivity contribution is 0.0627. The molecule has 134 valence electrons. The van der Waals surface area contributed by atoms with Crippen LogP contribution in [0.15, 0.2) is 29.6 Å². The van der Waals surface area contributed by atoms with Gasteiger partial charge >= 0.3 is 0 Å². The Bertz CT molecular complexity index is 691. The van der Waals surface area contributed by atoms with Crippen LogP contribution in [0.1, 0.15) is 33.5 Å². The highest BCUT2D eigenvalue weighted by atomic mass is 32.2.